The van der Waals surface area contributed by atoms with Gasteiger partial charge in [0.1, 0.15) is 0 Å². The number of ether oxygens (including phenoxy) is 1. The Morgan fingerprint density at radius 2 is 2.00 bits per heavy atom. The maximum absolute atomic E-state index is 14.5. The molecule has 0 spiro atoms. The Kier molecular flexibility index (Phi) is 5.21. The van der Waals surface area contributed by atoms with Gasteiger partial charge in [0.25, 0.3) is 0 Å². The lowest BCUT2D eigenvalue weighted by Gasteiger charge is -2.21. The van der Waals surface area contributed by atoms with Crippen molar-refractivity contribution in [1.82, 2.24) is 5.32 Å². The summed E-state index contributed by atoms with van der Waals surface area (Å²) >= 11 is 6.34. The number of methoxy groups -OCH3 is 1. The van der Waals surface area contributed by atoms with E-state index in [4.69, 9.17) is 16.3 Å². The first-order valence-corrected chi connectivity index (χ1v) is 7.28. The molecular formula is C17H19ClFNO. The van der Waals surface area contributed by atoms with Crippen molar-refractivity contribution in [3.63, 3.8) is 0 Å². The molecule has 2 rings (SSSR count). The van der Waals surface area contributed by atoms with Gasteiger partial charge in [0.05, 0.1) is 13.2 Å². The van der Waals surface area contributed by atoms with Crippen LogP contribution < -0.4 is 10.1 Å². The van der Waals surface area contributed by atoms with E-state index >= 15 is 0 Å². The van der Waals surface area contributed by atoms with Crippen LogP contribution in [0.2, 0.25) is 5.02 Å². The van der Waals surface area contributed by atoms with E-state index in [-0.39, 0.29) is 17.6 Å². The Bertz CT molecular complexity index is 630. The van der Waals surface area contributed by atoms with Crippen molar-refractivity contribution in [1.29, 1.82) is 0 Å². The third-order valence-corrected chi connectivity index (χ3v) is 3.73. The second-order valence-electron chi connectivity index (χ2n) is 4.88. The summed E-state index contributed by atoms with van der Waals surface area (Å²) in [5.41, 5.74) is 2.46. The molecule has 0 aliphatic heterocycles. The molecule has 2 aromatic rings. The van der Waals surface area contributed by atoms with E-state index in [2.05, 4.69) is 5.32 Å². The number of rotatable bonds is 5. The summed E-state index contributed by atoms with van der Waals surface area (Å²) in [6.07, 6.45) is 0. The van der Waals surface area contributed by atoms with Crippen LogP contribution in [0, 0.1) is 12.7 Å². The van der Waals surface area contributed by atoms with Crippen LogP contribution in [0.5, 0.6) is 5.75 Å². The summed E-state index contributed by atoms with van der Waals surface area (Å²) in [5.74, 6) is -0.124. The zero-order chi connectivity index (χ0) is 15.4. The molecule has 0 bridgehead atoms. The van der Waals surface area contributed by atoms with Crippen LogP contribution in [0.25, 0.3) is 0 Å². The molecule has 0 amide bonds. The van der Waals surface area contributed by atoms with E-state index in [1.165, 1.54) is 7.11 Å². The van der Waals surface area contributed by atoms with Crippen molar-refractivity contribution >= 4 is 11.6 Å². The van der Waals surface area contributed by atoms with Gasteiger partial charge in [0.15, 0.2) is 11.6 Å². The summed E-state index contributed by atoms with van der Waals surface area (Å²) in [6.45, 7) is 4.66. The quantitative estimate of drug-likeness (QED) is 0.878. The van der Waals surface area contributed by atoms with E-state index < -0.39 is 0 Å². The third-order valence-electron chi connectivity index (χ3n) is 3.40. The summed E-state index contributed by atoms with van der Waals surface area (Å²) in [6, 6.07) is 10.6. The Balaban J connectivity index is 2.53. The van der Waals surface area contributed by atoms with Crippen molar-refractivity contribution in [2.45, 2.75) is 19.9 Å². The molecule has 1 atom stereocenters. The van der Waals surface area contributed by atoms with Crippen molar-refractivity contribution in [3.8, 4) is 5.75 Å². The predicted octanol–water partition coefficient (Wildman–Crippen LogP) is 4.50. The minimum atomic E-state index is -0.359. The molecule has 0 saturated carbocycles. The largest absolute Gasteiger partial charge is 0.494 e. The Morgan fingerprint density at radius 1 is 1.24 bits per heavy atom. The van der Waals surface area contributed by atoms with Gasteiger partial charge in [-0.2, -0.15) is 0 Å². The summed E-state index contributed by atoms with van der Waals surface area (Å²) < 4.78 is 19.6. The minimum absolute atomic E-state index is 0.235. The minimum Gasteiger partial charge on any atom is -0.494 e. The van der Waals surface area contributed by atoms with Crippen LogP contribution in [0.15, 0.2) is 36.4 Å². The number of hydrogen-bond donors (Lipinski definition) is 1. The van der Waals surface area contributed by atoms with E-state index in [0.717, 1.165) is 11.1 Å². The molecule has 0 aliphatic rings. The lowest BCUT2D eigenvalue weighted by molar-refractivity contribution is 0.382. The number of aryl methyl sites for hydroxylation is 1. The van der Waals surface area contributed by atoms with Crippen LogP contribution in [0.1, 0.15) is 29.7 Å². The predicted molar refractivity (Wildman–Crippen MR) is 84.7 cm³/mol. The zero-order valence-corrected chi connectivity index (χ0v) is 13.2. The van der Waals surface area contributed by atoms with E-state index in [9.17, 15) is 4.39 Å². The third kappa shape index (κ3) is 3.36. The van der Waals surface area contributed by atoms with E-state index in [0.29, 0.717) is 17.1 Å². The average molecular weight is 308 g/mol. The zero-order valence-electron chi connectivity index (χ0n) is 12.4. The molecule has 2 aromatic carbocycles. The Morgan fingerprint density at radius 3 is 2.62 bits per heavy atom. The summed E-state index contributed by atoms with van der Waals surface area (Å²) in [4.78, 5) is 0. The lowest BCUT2D eigenvalue weighted by atomic mass is 9.97. The van der Waals surface area contributed by atoms with Crippen molar-refractivity contribution in [3.05, 3.63) is 63.9 Å². The standard InChI is InChI=1S/C17H19ClFNO/c1-4-20-17(12-9-8-11(2)10-14(12)18)13-6-5-7-15(21-3)16(13)19/h5-10,17,20H,4H2,1-3H3. The van der Waals surface area contributed by atoms with Gasteiger partial charge in [-0.15, -0.1) is 0 Å². The first-order valence-electron chi connectivity index (χ1n) is 6.90. The number of hydrogen-bond acceptors (Lipinski definition) is 2. The first kappa shape index (κ1) is 15.8. The van der Waals surface area contributed by atoms with Crippen LogP contribution in [-0.2, 0) is 0 Å². The molecule has 0 radical (unpaired) electrons. The van der Waals surface area contributed by atoms with E-state index in [1.54, 1.807) is 18.2 Å². The fourth-order valence-corrected chi connectivity index (χ4v) is 2.71. The highest BCUT2D eigenvalue weighted by Crippen LogP contribution is 2.33. The van der Waals surface area contributed by atoms with Gasteiger partial charge in [-0.05, 0) is 36.7 Å². The average Bonchev–Trinajstić information content (AvgIpc) is 2.46. The Hall–Kier alpha value is -1.58. The molecule has 2 nitrogen and oxygen atoms in total. The molecule has 0 fully saturated rings. The maximum atomic E-state index is 14.5. The highest BCUT2D eigenvalue weighted by Gasteiger charge is 2.21. The monoisotopic (exact) mass is 307 g/mol. The highest BCUT2D eigenvalue weighted by molar-refractivity contribution is 6.31. The normalized spacial score (nSPS) is 12.2. The number of benzene rings is 2. The van der Waals surface area contributed by atoms with Crippen molar-refractivity contribution < 1.29 is 9.13 Å². The van der Waals surface area contributed by atoms with Gasteiger partial charge in [0, 0.05) is 10.6 Å². The molecule has 21 heavy (non-hydrogen) atoms. The highest BCUT2D eigenvalue weighted by atomic mass is 35.5. The summed E-state index contributed by atoms with van der Waals surface area (Å²) in [5, 5.41) is 3.92. The van der Waals surface area contributed by atoms with Crippen LogP contribution in [0.4, 0.5) is 4.39 Å². The van der Waals surface area contributed by atoms with Crippen LogP contribution in [-0.4, -0.2) is 13.7 Å². The molecule has 1 N–H and O–H groups in total. The van der Waals surface area contributed by atoms with Gasteiger partial charge < -0.3 is 10.1 Å². The fourth-order valence-electron chi connectivity index (χ4n) is 2.37. The Labute approximate surface area is 129 Å². The summed E-state index contributed by atoms with van der Waals surface area (Å²) in [7, 11) is 1.46. The molecule has 0 saturated heterocycles. The van der Waals surface area contributed by atoms with Gasteiger partial charge >= 0.3 is 0 Å². The van der Waals surface area contributed by atoms with Gasteiger partial charge in [-0.1, -0.05) is 42.8 Å². The van der Waals surface area contributed by atoms with Gasteiger partial charge in [0.2, 0.25) is 0 Å². The molecule has 1 unspecified atom stereocenters. The first-order chi connectivity index (χ1) is 10.1. The molecule has 0 aromatic heterocycles. The fraction of sp³-hybridized carbons (Fsp3) is 0.294. The SMILES string of the molecule is CCNC(c1ccc(C)cc1Cl)c1cccc(OC)c1F. The van der Waals surface area contributed by atoms with Crippen LogP contribution >= 0.6 is 11.6 Å². The molecule has 112 valence electrons. The number of halogens is 2. The molecule has 0 heterocycles. The van der Waals surface area contributed by atoms with Crippen molar-refractivity contribution in [2.24, 2.45) is 0 Å². The van der Waals surface area contributed by atoms with Crippen LogP contribution in [0.3, 0.4) is 0 Å². The second kappa shape index (κ2) is 6.92. The van der Waals surface area contributed by atoms with E-state index in [1.807, 2.05) is 32.0 Å². The van der Waals surface area contributed by atoms with Gasteiger partial charge in [-0.3, -0.25) is 0 Å². The molecule has 4 heteroatoms. The second-order valence-corrected chi connectivity index (χ2v) is 5.29. The maximum Gasteiger partial charge on any atom is 0.170 e. The smallest absolute Gasteiger partial charge is 0.170 e. The number of nitrogens with one attached hydrogen (secondary N) is 1. The molecule has 0 aliphatic carbocycles. The topological polar surface area (TPSA) is 21.3 Å². The van der Waals surface area contributed by atoms with Crippen molar-refractivity contribution in [2.75, 3.05) is 13.7 Å². The lowest BCUT2D eigenvalue weighted by Crippen LogP contribution is -2.23. The van der Waals surface area contributed by atoms with Gasteiger partial charge in [-0.25, -0.2) is 4.39 Å². The molecular weight excluding hydrogens is 289 g/mol.